The van der Waals surface area contributed by atoms with Crippen molar-refractivity contribution in [1.82, 2.24) is 18.8 Å². The highest BCUT2D eigenvalue weighted by molar-refractivity contribution is 7.99. The van der Waals surface area contributed by atoms with Gasteiger partial charge < -0.3 is 4.42 Å². The van der Waals surface area contributed by atoms with Crippen LogP contribution in [0.2, 0.25) is 0 Å². The molecule has 3 rings (SSSR count). The number of benzene rings is 1. The molecule has 1 aromatic carbocycles. The van der Waals surface area contributed by atoms with Crippen LogP contribution in [-0.4, -0.2) is 52.1 Å². The minimum Gasteiger partial charge on any atom is -0.411 e. The highest BCUT2D eigenvalue weighted by Crippen LogP contribution is 2.30. The van der Waals surface area contributed by atoms with E-state index in [0.29, 0.717) is 12.3 Å². The normalized spacial score (nSPS) is 20.2. The van der Waals surface area contributed by atoms with Gasteiger partial charge in [0.2, 0.25) is 5.89 Å². The average Bonchev–Trinajstić information content (AvgIpc) is 3.13. The Morgan fingerprint density at radius 2 is 1.92 bits per heavy atom. The Labute approximate surface area is 156 Å². The molecule has 0 N–H and O–H groups in total. The van der Waals surface area contributed by atoms with E-state index in [4.69, 9.17) is 4.42 Å². The molecule has 0 spiro atoms. The summed E-state index contributed by atoms with van der Waals surface area (Å²) in [5.41, 5.74) is 0.772. The van der Waals surface area contributed by atoms with Crippen LogP contribution in [0.15, 0.2) is 40.0 Å². The van der Waals surface area contributed by atoms with Gasteiger partial charge >= 0.3 is 10.2 Å². The van der Waals surface area contributed by atoms with E-state index < -0.39 is 22.2 Å². The molecule has 1 aromatic heterocycles. The van der Waals surface area contributed by atoms with Crippen molar-refractivity contribution in [2.75, 3.05) is 12.9 Å². The van der Waals surface area contributed by atoms with E-state index in [2.05, 4.69) is 10.2 Å². The number of carbonyl (C=O) groups excluding carboxylic acids is 1. The van der Waals surface area contributed by atoms with Gasteiger partial charge in [0, 0.05) is 12.6 Å². The lowest BCUT2D eigenvalue weighted by atomic mass is 10.0. The molecular weight excluding hydrogens is 376 g/mol. The summed E-state index contributed by atoms with van der Waals surface area (Å²) in [5, 5.41) is 8.08. The molecule has 0 bridgehead atoms. The summed E-state index contributed by atoms with van der Waals surface area (Å²) in [4.78, 5) is 12.5. The van der Waals surface area contributed by atoms with Gasteiger partial charge in [-0.05, 0) is 36.2 Å². The Hall–Kier alpha value is -1.91. The Morgan fingerprint density at radius 1 is 1.23 bits per heavy atom. The molecule has 26 heavy (non-hydrogen) atoms. The number of thioether (sulfide) groups is 1. The number of rotatable bonds is 6. The van der Waals surface area contributed by atoms with Crippen LogP contribution in [0.4, 0.5) is 0 Å². The first kappa shape index (κ1) is 18.9. The third-order valence-electron chi connectivity index (χ3n) is 4.04. The van der Waals surface area contributed by atoms with Crippen LogP contribution in [-0.2, 0) is 15.0 Å². The van der Waals surface area contributed by atoms with Gasteiger partial charge in [-0.2, -0.15) is 12.7 Å². The van der Waals surface area contributed by atoms with Crippen molar-refractivity contribution in [2.24, 2.45) is 5.92 Å². The zero-order valence-electron chi connectivity index (χ0n) is 14.7. The van der Waals surface area contributed by atoms with E-state index >= 15 is 0 Å². The molecular formula is C16H20N4O4S2. The maximum atomic E-state index is 12.5. The number of hydrogen-bond acceptors (Lipinski definition) is 7. The van der Waals surface area contributed by atoms with Gasteiger partial charge in [-0.15, -0.1) is 10.2 Å². The fourth-order valence-electron chi connectivity index (χ4n) is 2.66. The molecule has 140 valence electrons. The zero-order valence-corrected chi connectivity index (χ0v) is 16.3. The first-order valence-corrected chi connectivity index (χ1v) is 10.5. The number of aromatic nitrogens is 2. The summed E-state index contributed by atoms with van der Waals surface area (Å²) in [7, 11) is -2.38. The minimum absolute atomic E-state index is 0.101. The van der Waals surface area contributed by atoms with Crippen LogP contribution in [0.3, 0.4) is 0 Å². The molecule has 1 unspecified atom stereocenters. The molecule has 2 aromatic rings. The quantitative estimate of drug-likeness (QED) is 0.691. The average molecular weight is 396 g/mol. The van der Waals surface area contributed by atoms with E-state index in [1.54, 1.807) is 0 Å². The van der Waals surface area contributed by atoms with Gasteiger partial charge in [0.1, 0.15) is 6.04 Å². The van der Waals surface area contributed by atoms with Gasteiger partial charge in [0.25, 0.3) is 11.1 Å². The van der Waals surface area contributed by atoms with Gasteiger partial charge in [-0.25, -0.2) is 4.31 Å². The molecule has 1 fully saturated rings. The van der Waals surface area contributed by atoms with Crippen molar-refractivity contribution in [3.05, 3.63) is 30.3 Å². The predicted molar refractivity (Wildman–Crippen MR) is 97.2 cm³/mol. The molecule has 1 aliphatic rings. The van der Waals surface area contributed by atoms with Gasteiger partial charge in [-0.3, -0.25) is 4.79 Å². The van der Waals surface area contributed by atoms with Crippen LogP contribution in [0.25, 0.3) is 11.5 Å². The van der Waals surface area contributed by atoms with E-state index in [1.165, 1.54) is 7.05 Å². The summed E-state index contributed by atoms with van der Waals surface area (Å²) in [5.74, 6) is 0.0323. The Bertz CT molecular complexity index is 883. The standard InChI is InChI=1S/C16H20N4O4S2/c1-11(2)9-13-15(21)20(26(22,23)19(13)3)10-25-16-18-17-14(24-16)12-7-5-4-6-8-12/h4-8,11,13H,9-10H2,1-3H3. The van der Waals surface area contributed by atoms with Gasteiger partial charge in [0.05, 0.1) is 5.88 Å². The highest BCUT2D eigenvalue weighted by atomic mass is 32.2. The molecule has 2 heterocycles. The Balaban J connectivity index is 1.71. The number of likely N-dealkylation sites (N-methyl/N-ethyl adjacent to an activating group) is 1. The Morgan fingerprint density at radius 3 is 2.58 bits per heavy atom. The van der Waals surface area contributed by atoms with Gasteiger partial charge in [0.15, 0.2) is 0 Å². The third kappa shape index (κ3) is 3.62. The van der Waals surface area contributed by atoms with Crippen LogP contribution in [0.5, 0.6) is 0 Å². The smallest absolute Gasteiger partial charge is 0.307 e. The third-order valence-corrected chi connectivity index (χ3v) is 6.85. The first-order valence-electron chi connectivity index (χ1n) is 8.12. The molecule has 8 nitrogen and oxygen atoms in total. The van der Waals surface area contributed by atoms with E-state index in [0.717, 1.165) is 25.9 Å². The molecule has 1 amide bonds. The maximum absolute atomic E-state index is 12.5. The number of nitrogens with zero attached hydrogens (tertiary/aromatic N) is 4. The fraction of sp³-hybridized carbons (Fsp3) is 0.438. The van der Waals surface area contributed by atoms with E-state index in [9.17, 15) is 13.2 Å². The largest absolute Gasteiger partial charge is 0.411 e. The fourth-order valence-corrected chi connectivity index (χ4v) is 5.10. The molecule has 1 aliphatic heterocycles. The second-order valence-corrected chi connectivity index (χ2v) is 9.18. The Kier molecular flexibility index (Phi) is 5.35. The predicted octanol–water partition coefficient (Wildman–Crippen LogP) is 2.22. The molecule has 0 aliphatic carbocycles. The maximum Gasteiger partial charge on any atom is 0.307 e. The molecule has 1 atom stereocenters. The monoisotopic (exact) mass is 396 g/mol. The lowest BCUT2D eigenvalue weighted by Crippen LogP contribution is -2.32. The zero-order chi connectivity index (χ0) is 18.9. The second kappa shape index (κ2) is 7.37. The van der Waals surface area contributed by atoms with Crippen molar-refractivity contribution in [3.63, 3.8) is 0 Å². The SMILES string of the molecule is CC(C)CC1C(=O)N(CSc2nnc(-c3ccccc3)o2)S(=O)(=O)N1C. The summed E-state index contributed by atoms with van der Waals surface area (Å²) >= 11 is 1.02. The lowest BCUT2D eigenvalue weighted by molar-refractivity contribution is -0.127. The lowest BCUT2D eigenvalue weighted by Gasteiger charge is -2.16. The summed E-state index contributed by atoms with van der Waals surface area (Å²) in [6.45, 7) is 3.91. The minimum atomic E-state index is -3.82. The van der Waals surface area contributed by atoms with Crippen LogP contribution in [0, 0.1) is 5.92 Å². The topological polar surface area (TPSA) is 96.6 Å². The van der Waals surface area contributed by atoms with Gasteiger partial charge in [-0.1, -0.05) is 32.0 Å². The number of hydrogen-bond donors (Lipinski definition) is 0. The van der Waals surface area contributed by atoms with Crippen molar-refractivity contribution >= 4 is 27.9 Å². The number of carbonyl (C=O) groups is 1. The van der Waals surface area contributed by atoms with Crippen LogP contribution < -0.4 is 0 Å². The van der Waals surface area contributed by atoms with Crippen LogP contribution >= 0.6 is 11.8 Å². The van der Waals surface area contributed by atoms with E-state index in [-0.39, 0.29) is 17.0 Å². The van der Waals surface area contributed by atoms with Crippen LogP contribution in [0.1, 0.15) is 20.3 Å². The van der Waals surface area contributed by atoms with Crippen molar-refractivity contribution < 1.29 is 17.6 Å². The van der Waals surface area contributed by atoms with Crippen molar-refractivity contribution in [3.8, 4) is 11.5 Å². The molecule has 1 saturated heterocycles. The molecule has 10 heteroatoms. The van der Waals surface area contributed by atoms with Crippen molar-refractivity contribution in [2.45, 2.75) is 31.5 Å². The summed E-state index contributed by atoms with van der Waals surface area (Å²) in [6.07, 6.45) is 0.481. The molecule has 0 radical (unpaired) electrons. The summed E-state index contributed by atoms with van der Waals surface area (Å²) in [6, 6.07) is 8.59. The second-order valence-electron chi connectivity index (χ2n) is 6.37. The number of amides is 1. The molecule has 0 saturated carbocycles. The first-order chi connectivity index (χ1) is 12.3. The van der Waals surface area contributed by atoms with Crippen molar-refractivity contribution in [1.29, 1.82) is 0 Å². The highest BCUT2D eigenvalue weighted by Gasteiger charge is 2.48. The van der Waals surface area contributed by atoms with E-state index in [1.807, 2.05) is 44.2 Å². The summed E-state index contributed by atoms with van der Waals surface area (Å²) < 4.78 is 32.5.